The molecule has 0 radical (unpaired) electrons. The van der Waals surface area contributed by atoms with Crippen molar-refractivity contribution in [1.29, 1.82) is 0 Å². The predicted octanol–water partition coefficient (Wildman–Crippen LogP) is 4.60. The molecule has 0 bridgehead atoms. The smallest absolute Gasteiger partial charge is 0.349 e. The van der Waals surface area contributed by atoms with Crippen LogP contribution in [-0.4, -0.2) is 17.7 Å². The standard InChI is InChI=1S/C15H24O3S/c1-4-7-8-11(5-2)10-18-13-9-12(6-3)19-14(13)15(16)17/h9,11H,4-8,10H2,1-3H3,(H,16,17). The fourth-order valence-electron chi connectivity index (χ4n) is 1.96. The number of aryl methyl sites for hydroxylation is 1. The highest BCUT2D eigenvalue weighted by Crippen LogP contribution is 2.30. The molecule has 0 aromatic carbocycles. The van der Waals surface area contributed by atoms with Crippen LogP contribution in [0.15, 0.2) is 6.07 Å². The Labute approximate surface area is 119 Å². The van der Waals surface area contributed by atoms with Crippen molar-refractivity contribution in [2.24, 2.45) is 5.92 Å². The number of unbranched alkanes of at least 4 members (excludes halogenated alkanes) is 1. The molecule has 108 valence electrons. The van der Waals surface area contributed by atoms with Crippen LogP contribution in [-0.2, 0) is 6.42 Å². The van der Waals surface area contributed by atoms with Crippen LogP contribution in [0.3, 0.4) is 0 Å². The predicted molar refractivity (Wildman–Crippen MR) is 79.5 cm³/mol. The third-order valence-electron chi connectivity index (χ3n) is 3.31. The normalized spacial score (nSPS) is 12.4. The number of hydrogen-bond donors (Lipinski definition) is 1. The van der Waals surface area contributed by atoms with Gasteiger partial charge < -0.3 is 9.84 Å². The van der Waals surface area contributed by atoms with Crippen LogP contribution in [0.1, 0.15) is 61.0 Å². The second-order valence-corrected chi connectivity index (χ2v) is 5.93. The molecular formula is C15H24O3S. The molecule has 19 heavy (non-hydrogen) atoms. The lowest BCUT2D eigenvalue weighted by Gasteiger charge is -2.15. The van der Waals surface area contributed by atoms with Crippen molar-refractivity contribution in [3.8, 4) is 5.75 Å². The lowest BCUT2D eigenvalue weighted by Crippen LogP contribution is -2.12. The lowest BCUT2D eigenvalue weighted by atomic mass is 10.0. The molecule has 0 saturated carbocycles. The van der Waals surface area contributed by atoms with E-state index in [0.29, 0.717) is 23.2 Å². The zero-order chi connectivity index (χ0) is 14.3. The van der Waals surface area contributed by atoms with Gasteiger partial charge >= 0.3 is 5.97 Å². The number of rotatable bonds is 9. The second kappa shape index (κ2) is 8.20. The number of ether oxygens (including phenoxy) is 1. The van der Waals surface area contributed by atoms with Crippen LogP contribution in [0.25, 0.3) is 0 Å². The average molecular weight is 284 g/mol. The number of carbonyl (C=O) groups is 1. The number of thiophene rings is 1. The molecule has 0 aliphatic rings. The molecule has 1 aromatic heterocycles. The second-order valence-electron chi connectivity index (χ2n) is 4.79. The van der Waals surface area contributed by atoms with E-state index in [1.165, 1.54) is 24.2 Å². The van der Waals surface area contributed by atoms with Crippen molar-refractivity contribution < 1.29 is 14.6 Å². The number of carboxylic acid groups (broad SMARTS) is 1. The molecule has 0 saturated heterocycles. The van der Waals surface area contributed by atoms with Crippen molar-refractivity contribution in [3.05, 3.63) is 15.8 Å². The van der Waals surface area contributed by atoms with Gasteiger partial charge in [0.25, 0.3) is 0 Å². The van der Waals surface area contributed by atoms with Gasteiger partial charge in [-0.1, -0.05) is 40.0 Å². The average Bonchev–Trinajstić information content (AvgIpc) is 2.82. The SMILES string of the molecule is CCCCC(CC)COc1cc(CC)sc1C(=O)O. The summed E-state index contributed by atoms with van der Waals surface area (Å²) < 4.78 is 5.76. The van der Waals surface area contributed by atoms with Crippen molar-refractivity contribution in [2.75, 3.05) is 6.61 Å². The maximum atomic E-state index is 11.2. The van der Waals surface area contributed by atoms with Gasteiger partial charge in [0.15, 0.2) is 4.88 Å². The first-order valence-electron chi connectivity index (χ1n) is 7.11. The zero-order valence-corrected chi connectivity index (χ0v) is 12.9. The Hall–Kier alpha value is -1.03. The summed E-state index contributed by atoms with van der Waals surface area (Å²) in [5.41, 5.74) is 0. The monoisotopic (exact) mass is 284 g/mol. The minimum absolute atomic E-state index is 0.335. The van der Waals surface area contributed by atoms with Gasteiger partial charge in [-0.05, 0) is 24.8 Å². The van der Waals surface area contributed by atoms with Crippen LogP contribution in [0.4, 0.5) is 0 Å². The van der Waals surface area contributed by atoms with E-state index < -0.39 is 5.97 Å². The van der Waals surface area contributed by atoms with Crippen molar-refractivity contribution in [2.45, 2.75) is 52.9 Å². The molecule has 0 fully saturated rings. The Morgan fingerprint density at radius 3 is 2.68 bits per heavy atom. The highest BCUT2D eigenvalue weighted by Gasteiger charge is 2.17. The van der Waals surface area contributed by atoms with Crippen molar-refractivity contribution in [1.82, 2.24) is 0 Å². The van der Waals surface area contributed by atoms with Gasteiger partial charge in [0.1, 0.15) is 5.75 Å². The molecule has 0 aliphatic carbocycles. The molecule has 0 spiro atoms. The summed E-state index contributed by atoms with van der Waals surface area (Å²) in [7, 11) is 0. The summed E-state index contributed by atoms with van der Waals surface area (Å²) >= 11 is 1.32. The molecule has 1 aromatic rings. The van der Waals surface area contributed by atoms with Crippen molar-refractivity contribution in [3.63, 3.8) is 0 Å². The summed E-state index contributed by atoms with van der Waals surface area (Å²) in [6, 6.07) is 1.88. The highest BCUT2D eigenvalue weighted by molar-refractivity contribution is 7.14. The van der Waals surface area contributed by atoms with Crippen LogP contribution in [0.2, 0.25) is 0 Å². The molecule has 1 atom stereocenters. The van der Waals surface area contributed by atoms with Gasteiger partial charge in [0, 0.05) is 4.88 Å². The fourth-order valence-corrected chi connectivity index (χ4v) is 2.84. The quantitative estimate of drug-likeness (QED) is 0.720. The third kappa shape index (κ3) is 4.86. The molecule has 1 heterocycles. The molecule has 1 unspecified atom stereocenters. The summed E-state index contributed by atoms with van der Waals surface area (Å²) in [5, 5.41) is 9.17. The largest absolute Gasteiger partial charge is 0.491 e. The first kappa shape index (κ1) is 16.0. The van der Waals surface area contributed by atoms with Gasteiger partial charge in [-0.3, -0.25) is 0 Å². The number of hydrogen-bond acceptors (Lipinski definition) is 3. The molecule has 1 N–H and O–H groups in total. The summed E-state index contributed by atoms with van der Waals surface area (Å²) in [6.07, 6.45) is 5.47. The van der Waals surface area contributed by atoms with E-state index in [1.54, 1.807) is 0 Å². The van der Waals surface area contributed by atoms with Gasteiger partial charge in [-0.2, -0.15) is 0 Å². The Bertz CT molecular complexity index is 398. The zero-order valence-electron chi connectivity index (χ0n) is 12.1. The minimum atomic E-state index is -0.888. The molecule has 1 rings (SSSR count). The Balaban J connectivity index is 2.64. The summed E-state index contributed by atoms with van der Waals surface area (Å²) in [4.78, 5) is 12.6. The highest BCUT2D eigenvalue weighted by atomic mass is 32.1. The van der Waals surface area contributed by atoms with E-state index in [0.717, 1.165) is 24.1 Å². The van der Waals surface area contributed by atoms with E-state index in [4.69, 9.17) is 9.84 Å². The third-order valence-corrected chi connectivity index (χ3v) is 4.56. The van der Waals surface area contributed by atoms with Crippen LogP contribution >= 0.6 is 11.3 Å². The number of carboxylic acids is 1. The van der Waals surface area contributed by atoms with Crippen LogP contribution in [0.5, 0.6) is 5.75 Å². The van der Waals surface area contributed by atoms with E-state index in [1.807, 2.05) is 13.0 Å². The Morgan fingerprint density at radius 2 is 2.16 bits per heavy atom. The fraction of sp³-hybridized carbons (Fsp3) is 0.667. The van der Waals surface area contributed by atoms with Gasteiger partial charge in [-0.25, -0.2) is 4.79 Å². The first-order chi connectivity index (χ1) is 9.12. The minimum Gasteiger partial charge on any atom is -0.491 e. The van der Waals surface area contributed by atoms with Crippen molar-refractivity contribution >= 4 is 17.3 Å². The van der Waals surface area contributed by atoms with Gasteiger partial charge in [0.2, 0.25) is 0 Å². The van der Waals surface area contributed by atoms with E-state index in [2.05, 4.69) is 13.8 Å². The molecule has 3 nitrogen and oxygen atoms in total. The van der Waals surface area contributed by atoms with E-state index in [9.17, 15) is 4.79 Å². The van der Waals surface area contributed by atoms with Crippen LogP contribution in [0, 0.1) is 5.92 Å². The summed E-state index contributed by atoms with van der Waals surface area (Å²) in [6.45, 7) is 6.99. The topological polar surface area (TPSA) is 46.5 Å². The Morgan fingerprint density at radius 1 is 1.42 bits per heavy atom. The molecule has 0 amide bonds. The van der Waals surface area contributed by atoms with Gasteiger partial charge in [-0.15, -0.1) is 11.3 Å². The van der Waals surface area contributed by atoms with E-state index >= 15 is 0 Å². The Kier molecular flexibility index (Phi) is 6.92. The molecule has 4 heteroatoms. The molecular weight excluding hydrogens is 260 g/mol. The molecule has 0 aliphatic heterocycles. The number of aromatic carboxylic acids is 1. The first-order valence-corrected chi connectivity index (χ1v) is 7.92. The van der Waals surface area contributed by atoms with Gasteiger partial charge in [0.05, 0.1) is 6.61 Å². The van der Waals surface area contributed by atoms with E-state index in [-0.39, 0.29) is 0 Å². The maximum Gasteiger partial charge on any atom is 0.349 e. The lowest BCUT2D eigenvalue weighted by molar-refractivity contribution is 0.0697. The van der Waals surface area contributed by atoms with Crippen LogP contribution < -0.4 is 4.74 Å². The summed E-state index contributed by atoms with van der Waals surface area (Å²) in [5.74, 6) is 0.178. The maximum absolute atomic E-state index is 11.2.